The van der Waals surface area contributed by atoms with Crippen molar-refractivity contribution in [1.82, 2.24) is 19.2 Å². The SMILES string of the molecule is COc1ccc(-c2cccc3cnc(Nc4cccc(SN5CCN(C)CC5)c4)nc23)cc1. The van der Waals surface area contributed by atoms with E-state index in [4.69, 9.17) is 9.72 Å². The number of ether oxygens (including phenoxy) is 1. The van der Waals surface area contributed by atoms with Crippen LogP contribution >= 0.6 is 11.9 Å². The Morgan fingerprint density at radius 2 is 1.73 bits per heavy atom. The molecule has 0 bridgehead atoms. The summed E-state index contributed by atoms with van der Waals surface area (Å²) in [6.07, 6.45) is 1.88. The fourth-order valence-corrected chi connectivity index (χ4v) is 4.87. The van der Waals surface area contributed by atoms with Crippen LogP contribution in [0.15, 0.2) is 77.8 Å². The van der Waals surface area contributed by atoms with Crippen LogP contribution in [-0.4, -0.2) is 59.5 Å². The normalized spacial score (nSPS) is 15.0. The molecule has 33 heavy (non-hydrogen) atoms. The van der Waals surface area contributed by atoms with Crippen LogP contribution in [0.5, 0.6) is 5.75 Å². The van der Waals surface area contributed by atoms with Crippen molar-refractivity contribution in [2.45, 2.75) is 4.90 Å². The van der Waals surface area contributed by atoms with Gasteiger partial charge in [0.25, 0.3) is 0 Å². The quantitative estimate of drug-likeness (QED) is 0.394. The van der Waals surface area contributed by atoms with Crippen LogP contribution in [0, 0.1) is 0 Å². The number of nitrogens with one attached hydrogen (secondary N) is 1. The van der Waals surface area contributed by atoms with E-state index in [0.717, 1.165) is 59.6 Å². The zero-order valence-corrected chi connectivity index (χ0v) is 19.7. The van der Waals surface area contributed by atoms with Gasteiger partial charge in [-0.1, -0.05) is 36.4 Å². The Morgan fingerprint density at radius 3 is 2.52 bits per heavy atom. The van der Waals surface area contributed by atoms with Gasteiger partial charge in [-0.2, -0.15) is 0 Å². The summed E-state index contributed by atoms with van der Waals surface area (Å²) in [4.78, 5) is 13.0. The summed E-state index contributed by atoms with van der Waals surface area (Å²) in [6.45, 7) is 4.35. The second kappa shape index (κ2) is 9.79. The molecule has 0 radical (unpaired) electrons. The Morgan fingerprint density at radius 1 is 0.939 bits per heavy atom. The summed E-state index contributed by atoms with van der Waals surface area (Å²) in [5.74, 6) is 1.43. The molecule has 1 saturated heterocycles. The van der Waals surface area contributed by atoms with Crippen molar-refractivity contribution in [3.8, 4) is 16.9 Å². The molecule has 168 valence electrons. The average molecular weight is 458 g/mol. The van der Waals surface area contributed by atoms with E-state index in [0.29, 0.717) is 5.95 Å². The smallest absolute Gasteiger partial charge is 0.227 e. The van der Waals surface area contributed by atoms with Gasteiger partial charge in [0.2, 0.25) is 5.95 Å². The van der Waals surface area contributed by atoms with Crippen molar-refractivity contribution in [2.24, 2.45) is 0 Å². The summed E-state index contributed by atoms with van der Waals surface area (Å²) in [6, 6.07) is 22.7. The molecule has 6 nitrogen and oxygen atoms in total. The summed E-state index contributed by atoms with van der Waals surface area (Å²) in [5, 5.41) is 4.40. The average Bonchev–Trinajstić information content (AvgIpc) is 2.85. The van der Waals surface area contributed by atoms with E-state index >= 15 is 0 Å². The molecule has 0 spiro atoms. The number of aromatic nitrogens is 2. The molecule has 0 amide bonds. The Kier molecular flexibility index (Phi) is 6.44. The van der Waals surface area contributed by atoms with E-state index < -0.39 is 0 Å². The highest BCUT2D eigenvalue weighted by Crippen LogP contribution is 2.30. The summed E-state index contributed by atoms with van der Waals surface area (Å²) < 4.78 is 7.72. The minimum atomic E-state index is 0.588. The zero-order chi connectivity index (χ0) is 22.6. The van der Waals surface area contributed by atoms with Crippen LogP contribution < -0.4 is 10.1 Å². The summed E-state index contributed by atoms with van der Waals surface area (Å²) in [7, 11) is 3.85. The lowest BCUT2D eigenvalue weighted by atomic mass is 10.0. The molecule has 4 aromatic rings. The van der Waals surface area contributed by atoms with Crippen molar-refractivity contribution >= 4 is 34.5 Å². The number of fused-ring (bicyclic) bond motifs is 1. The van der Waals surface area contributed by atoms with Crippen LogP contribution in [0.4, 0.5) is 11.6 Å². The Balaban J connectivity index is 1.38. The van der Waals surface area contributed by atoms with Crippen molar-refractivity contribution in [2.75, 3.05) is 45.7 Å². The van der Waals surface area contributed by atoms with Gasteiger partial charge < -0.3 is 15.0 Å². The van der Waals surface area contributed by atoms with Crippen molar-refractivity contribution < 1.29 is 4.74 Å². The minimum Gasteiger partial charge on any atom is -0.497 e. The van der Waals surface area contributed by atoms with Crippen LogP contribution in [0.2, 0.25) is 0 Å². The number of hydrogen-bond donors (Lipinski definition) is 1. The molecule has 3 aromatic carbocycles. The number of para-hydroxylation sites is 1. The van der Waals surface area contributed by atoms with Gasteiger partial charge >= 0.3 is 0 Å². The fraction of sp³-hybridized carbons (Fsp3) is 0.231. The number of hydrogen-bond acceptors (Lipinski definition) is 7. The summed E-state index contributed by atoms with van der Waals surface area (Å²) in [5.41, 5.74) is 4.06. The first-order valence-corrected chi connectivity index (χ1v) is 11.8. The monoisotopic (exact) mass is 457 g/mol. The van der Waals surface area contributed by atoms with Crippen LogP contribution in [0.1, 0.15) is 0 Å². The number of nitrogens with zero attached hydrogens (tertiary/aromatic N) is 4. The van der Waals surface area contributed by atoms with Gasteiger partial charge in [-0.25, -0.2) is 14.3 Å². The largest absolute Gasteiger partial charge is 0.497 e. The van der Waals surface area contributed by atoms with E-state index in [-0.39, 0.29) is 0 Å². The minimum absolute atomic E-state index is 0.588. The molecule has 7 heteroatoms. The van der Waals surface area contributed by atoms with Crippen LogP contribution in [-0.2, 0) is 0 Å². The third-order valence-corrected chi connectivity index (χ3v) is 6.89. The first-order chi connectivity index (χ1) is 16.2. The van der Waals surface area contributed by atoms with Gasteiger partial charge in [0.1, 0.15) is 5.75 Å². The first kappa shape index (κ1) is 21.7. The van der Waals surface area contributed by atoms with Crippen molar-refractivity contribution in [3.63, 3.8) is 0 Å². The van der Waals surface area contributed by atoms with Gasteiger partial charge in [-0.3, -0.25) is 0 Å². The number of likely N-dealkylation sites (N-methyl/N-ethyl adjacent to an activating group) is 1. The first-order valence-electron chi connectivity index (χ1n) is 11.1. The fourth-order valence-electron chi connectivity index (χ4n) is 3.91. The Bertz CT molecular complexity index is 1240. The van der Waals surface area contributed by atoms with Gasteiger partial charge in [0.05, 0.1) is 12.6 Å². The zero-order valence-electron chi connectivity index (χ0n) is 18.9. The predicted octanol–water partition coefficient (Wildman–Crippen LogP) is 5.30. The molecule has 1 aliphatic rings. The molecule has 5 rings (SSSR count). The number of piperazine rings is 1. The highest BCUT2D eigenvalue weighted by Gasteiger charge is 2.15. The van der Waals surface area contributed by atoms with Crippen LogP contribution in [0.3, 0.4) is 0 Å². The maximum atomic E-state index is 5.30. The topological polar surface area (TPSA) is 53.5 Å². The van der Waals surface area contributed by atoms with Crippen LogP contribution in [0.25, 0.3) is 22.0 Å². The standard InChI is InChI=1S/C26H27N5OS/c1-30-13-15-31(16-14-30)33-23-7-4-6-21(17-23)28-26-27-18-20-5-3-8-24(25(20)29-26)19-9-11-22(32-2)12-10-19/h3-12,17-18H,13-16H2,1-2H3,(H,27,28,29). The lowest BCUT2D eigenvalue weighted by Gasteiger charge is -2.31. The predicted molar refractivity (Wildman–Crippen MR) is 136 cm³/mol. The van der Waals surface area contributed by atoms with Crippen molar-refractivity contribution in [1.29, 1.82) is 0 Å². The molecule has 1 fully saturated rings. The van der Waals surface area contributed by atoms with Gasteiger partial charge in [0, 0.05) is 53.9 Å². The van der Waals surface area contributed by atoms with E-state index in [1.54, 1.807) is 7.11 Å². The highest BCUT2D eigenvalue weighted by atomic mass is 32.2. The second-order valence-corrected chi connectivity index (χ2v) is 9.31. The molecular weight excluding hydrogens is 430 g/mol. The molecule has 0 unspecified atom stereocenters. The molecule has 0 saturated carbocycles. The number of benzene rings is 3. The molecule has 0 atom stereocenters. The number of rotatable bonds is 6. The molecule has 1 N–H and O–H groups in total. The van der Waals surface area contributed by atoms with E-state index in [1.165, 1.54) is 4.90 Å². The lowest BCUT2D eigenvalue weighted by molar-refractivity contribution is 0.233. The Labute approximate surface area is 198 Å². The molecule has 1 aliphatic heterocycles. The number of anilines is 2. The molecule has 2 heterocycles. The highest BCUT2D eigenvalue weighted by molar-refractivity contribution is 7.97. The van der Waals surface area contributed by atoms with E-state index in [2.05, 4.69) is 69.0 Å². The summed E-state index contributed by atoms with van der Waals surface area (Å²) >= 11 is 1.81. The van der Waals surface area contributed by atoms with Gasteiger partial charge in [-0.05, 0) is 54.9 Å². The van der Waals surface area contributed by atoms with Gasteiger partial charge in [-0.15, -0.1) is 0 Å². The maximum Gasteiger partial charge on any atom is 0.227 e. The number of methoxy groups -OCH3 is 1. The van der Waals surface area contributed by atoms with Gasteiger partial charge in [0.15, 0.2) is 0 Å². The van der Waals surface area contributed by atoms with E-state index in [1.807, 2.05) is 42.4 Å². The van der Waals surface area contributed by atoms with Crippen molar-refractivity contribution in [3.05, 3.63) is 72.9 Å². The second-order valence-electron chi connectivity index (χ2n) is 8.14. The molecule has 0 aliphatic carbocycles. The molecule has 1 aromatic heterocycles. The Hall–Kier alpha value is -3.13. The molecular formula is C26H27N5OS. The third kappa shape index (κ3) is 5.11. The third-order valence-electron chi connectivity index (χ3n) is 5.80. The maximum absolute atomic E-state index is 5.30. The lowest BCUT2D eigenvalue weighted by Crippen LogP contribution is -2.40. The van der Waals surface area contributed by atoms with E-state index in [9.17, 15) is 0 Å².